The molecule has 0 rings (SSSR count). The quantitative estimate of drug-likeness (QED) is 0.366. The first-order valence-electron chi connectivity index (χ1n) is 3.58. The molecule has 0 aliphatic rings. The summed E-state index contributed by atoms with van der Waals surface area (Å²) >= 11 is 0. The van der Waals surface area contributed by atoms with Gasteiger partial charge in [0.2, 0.25) is 0 Å². The van der Waals surface area contributed by atoms with E-state index in [-0.39, 0.29) is 0 Å². The molecule has 0 spiro atoms. The lowest BCUT2D eigenvalue weighted by Crippen LogP contribution is -2.40. The highest BCUT2D eigenvalue weighted by Crippen LogP contribution is 1.88. The van der Waals surface area contributed by atoms with Crippen LogP contribution < -0.4 is 11.2 Å². The first-order valence-corrected chi connectivity index (χ1v) is 3.58. The Morgan fingerprint density at radius 1 is 0.938 bits per heavy atom. The lowest BCUT2D eigenvalue weighted by atomic mass is 11.0. The number of carbonyl (C=O) groups is 2. The van der Waals surface area contributed by atoms with E-state index >= 15 is 0 Å². The number of nitrogens with one attached hydrogen (secondary N) is 2. The monoisotopic (exact) mass is 236 g/mol. The molecule has 0 fully saturated rings. The highest BCUT2D eigenvalue weighted by molar-refractivity contribution is 5.66. The molecular weight excluding hydrogens is 228 g/mol. The van der Waals surface area contributed by atoms with Crippen molar-refractivity contribution in [2.24, 2.45) is 10.6 Å². The molecule has 2 N–H and O–H groups in total. The van der Waals surface area contributed by atoms with Crippen molar-refractivity contribution < 1.29 is 19.3 Å². The van der Waals surface area contributed by atoms with Crippen LogP contribution in [-0.2, 0) is 9.68 Å². The van der Waals surface area contributed by atoms with Crippen LogP contribution >= 0.6 is 0 Å². The number of hydrazine groups is 1. The summed E-state index contributed by atoms with van der Waals surface area (Å²) in [6, 6.07) is 0. The van der Waals surface area contributed by atoms with Crippen LogP contribution in [0.25, 0.3) is 0 Å². The van der Waals surface area contributed by atoms with E-state index in [9.17, 15) is 19.4 Å². The smallest absolute Gasteiger partial charge is 0.334 e. The number of hydrogen-bond acceptors (Lipinski definition) is 10. The van der Waals surface area contributed by atoms with E-state index in [0.717, 1.165) is 14.1 Å². The summed E-state index contributed by atoms with van der Waals surface area (Å²) in [5.74, 6) is 0. The molecule has 0 saturated carbocycles. The van der Waals surface area contributed by atoms with Crippen LogP contribution in [-0.4, -0.2) is 36.3 Å². The molecular formula is C4H8N6O6. The second-order valence-corrected chi connectivity index (χ2v) is 2.15. The summed E-state index contributed by atoms with van der Waals surface area (Å²) in [5.41, 5.74) is 3.31. The normalized spacial score (nSPS) is 8.88. The molecule has 12 nitrogen and oxygen atoms in total. The van der Waals surface area contributed by atoms with Crippen LogP contribution in [0.3, 0.4) is 0 Å². The molecule has 0 bridgehead atoms. The van der Waals surface area contributed by atoms with E-state index in [1.807, 2.05) is 0 Å². The van der Waals surface area contributed by atoms with Gasteiger partial charge in [0.15, 0.2) is 0 Å². The largest absolute Gasteiger partial charge is 0.452 e. The zero-order chi connectivity index (χ0) is 12.6. The second kappa shape index (κ2) is 7.02. The van der Waals surface area contributed by atoms with E-state index in [4.69, 9.17) is 0 Å². The number of rotatable bonds is 5. The molecule has 2 amide bonds. The number of nitroso groups, excluding NO2 is 2. The number of nitrogens with zero attached hydrogens (tertiary/aromatic N) is 4. The summed E-state index contributed by atoms with van der Waals surface area (Å²) < 4.78 is 0. The van der Waals surface area contributed by atoms with Gasteiger partial charge in [-0.15, -0.1) is 9.81 Å². The van der Waals surface area contributed by atoms with Crippen LogP contribution in [0.15, 0.2) is 10.6 Å². The van der Waals surface area contributed by atoms with Crippen molar-refractivity contribution in [3.05, 3.63) is 9.81 Å². The molecule has 0 heterocycles. The van der Waals surface area contributed by atoms with Crippen molar-refractivity contribution in [1.29, 1.82) is 0 Å². The standard InChI is InChI=1S/C4H8N6O6/c1-9(7-13)3(11)15-5-6-16-4(12)10(2)8-14/h5-6H,1-2H3. The van der Waals surface area contributed by atoms with Crippen molar-refractivity contribution in [2.45, 2.75) is 0 Å². The van der Waals surface area contributed by atoms with Crippen LogP contribution in [0.1, 0.15) is 0 Å². The number of carbonyl (C=O) groups excluding carboxylic acids is 2. The minimum absolute atomic E-state index is 0.329. The number of hydrogen-bond donors (Lipinski definition) is 2. The van der Waals surface area contributed by atoms with Gasteiger partial charge in [-0.25, -0.2) is 9.59 Å². The summed E-state index contributed by atoms with van der Waals surface area (Å²) in [6.07, 6.45) is -2.30. The van der Waals surface area contributed by atoms with Gasteiger partial charge in [-0.1, -0.05) is 11.2 Å². The molecule has 0 radical (unpaired) electrons. The second-order valence-electron chi connectivity index (χ2n) is 2.15. The molecule has 0 aromatic rings. The predicted octanol–water partition coefficient (Wildman–Crippen LogP) is -0.590. The maximum Gasteiger partial charge on any atom is 0.452 e. The Labute approximate surface area is 88.2 Å². The lowest BCUT2D eigenvalue weighted by molar-refractivity contribution is -0.0561. The maximum absolute atomic E-state index is 10.7. The molecule has 0 aliphatic carbocycles. The SMILES string of the molecule is CN(N=O)C(=O)ONNOC(=O)N(C)N=O. The van der Waals surface area contributed by atoms with Crippen molar-refractivity contribution in [1.82, 2.24) is 21.2 Å². The van der Waals surface area contributed by atoms with Crippen LogP contribution in [0.2, 0.25) is 0 Å². The molecule has 0 aromatic carbocycles. The van der Waals surface area contributed by atoms with Crippen molar-refractivity contribution in [3.8, 4) is 0 Å². The third-order valence-corrected chi connectivity index (χ3v) is 1.09. The zero-order valence-corrected chi connectivity index (χ0v) is 8.24. The molecule has 0 atom stereocenters. The van der Waals surface area contributed by atoms with E-state index in [0.29, 0.717) is 10.0 Å². The van der Waals surface area contributed by atoms with Crippen molar-refractivity contribution >= 4 is 12.2 Å². The maximum atomic E-state index is 10.7. The summed E-state index contributed by atoms with van der Waals surface area (Å²) in [7, 11) is 2.07. The van der Waals surface area contributed by atoms with Gasteiger partial charge in [0.1, 0.15) is 0 Å². The van der Waals surface area contributed by atoms with Crippen LogP contribution in [0, 0.1) is 9.81 Å². The molecule has 90 valence electrons. The minimum atomic E-state index is -1.15. The van der Waals surface area contributed by atoms with Crippen LogP contribution in [0.5, 0.6) is 0 Å². The molecule has 0 aliphatic heterocycles. The Kier molecular flexibility index (Phi) is 5.99. The van der Waals surface area contributed by atoms with Crippen molar-refractivity contribution in [2.75, 3.05) is 14.1 Å². The van der Waals surface area contributed by atoms with E-state index < -0.39 is 12.2 Å². The fourth-order valence-electron chi connectivity index (χ4n) is 0.328. The Morgan fingerprint density at radius 3 is 1.50 bits per heavy atom. The summed E-state index contributed by atoms with van der Waals surface area (Å²) in [6.45, 7) is 0. The van der Waals surface area contributed by atoms with Gasteiger partial charge in [0, 0.05) is 14.1 Å². The van der Waals surface area contributed by atoms with Crippen molar-refractivity contribution in [3.63, 3.8) is 0 Å². The molecule has 16 heavy (non-hydrogen) atoms. The summed E-state index contributed by atoms with van der Waals surface area (Å²) in [5, 5.41) is 5.08. The fraction of sp³-hybridized carbons (Fsp3) is 0.500. The first-order chi connectivity index (χ1) is 7.52. The average molecular weight is 236 g/mol. The average Bonchev–Trinajstić information content (AvgIpc) is 2.31. The topological polar surface area (TPSA) is 142 Å². The predicted molar refractivity (Wildman–Crippen MR) is 46.3 cm³/mol. The highest BCUT2D eigenvalue weighted by atomic mass is 16.8. The third kappa shape index (κ3) is 4.77. The first kappa shape index (κ1) is 13.7. The van der Waals surface area contributed by atoms with Gasteiger partial charge < -0.3 is 9.68 Å². The third-order valence-electron chi connectivity index (χ3n) is 1.09. The Balaban J connectivity index is 3.68. The van der Waals surface area contributed by atoms with Gasteiger partial charge >= 0.3 is 12.2 Å². The van der Waals surface area contributed by atoms with E-state index in [2.05, 4.69) is 20.2 Å². The van der Waals surface area contributed by atoms with Gasteiger partial charge in [-0.3, -0.25) is 0 Å². The Morgan fingerprint density at radius 2 is 1.25 bits per heavy atom. The minimum Gasteiger partial charge on any atom is -0.334 e. The molecule has 0 unspecified atom stereocenters. The fourth-order valence-corrected chi connectivity index (χ4v) is 0.328. The molecule has 0 saturated heterocycles. The number of amides is 2. The molecule has 12 heteroatoms. The highest BCUT2D eigenvalue weighted by Gasteiger charge is 2.12. The molecule has 0 aromatic heterocycles. The van der Waals surface area contributed by atoms with Gasteiger partial charge in [0.05, 0.1) is 10.6 Å². The Bertz CT molecular complexity index is 254. The lowest BCUT2D eigenvalue weighted by Gasteiger charge is -2.10. The summed E-state index contributed by atoms with van der Waals surface area (Å²) in [4.78, 5) is 49.2. The zero-order valence-electron chi connectivity index (χ0n) is 8.24. The van der Waals surface area contributed by atoms with E-state index in [1.165, 1.54) is 0 Å². The van der Waals surface area contributed by atoms with E-state index in [1.54, 1.807) is 11.2 Å². The Hall–Kier alpha value is -2.34. The van der Waals surface area contributed by atoms with Crippen LogP contribution in [0.4, 0.5) is 9.59 Å². The van der Waals surface area contributed by atoms with Gasteiger partial charge in [-0.05, 0) is 0 Å². The van der Waals surface area contributed by atoms with Gasteiger partial charge in [0.25, 0.3) is 0 Å². The van der Waals surface area contributed by atoms with Gasteiger partial charge in [-0.2, -0.15) is 10.0 Å².